The highest BCUT2D eigenvalue weighted by molar-refractivity contribution is 6.14. The number of rotatable bonds is 8. The van der Waals surface area contributed by atoms with Gasteiger partial charge in [-0.1, -0.05) is 66.7 Å². The number of hydrogen-bond donors (Lipinski definition) is 0. The Hall–Kier alpha value is -6.64. The second-order valence-electron chi connectivity index (χ2n) is 16.2. The van der Waals surface area contributed by atoms with Crippen LogP contribution < -0.4 is 20.2 Å². The molecule has 0 saturated heterocycles. The van der Waals surface area contributed by atoms with E-state index >= 15 is 0 Å². The van der Waals surface area contributed by atoms with Crippen LogP contribution in [-0.2, 0) is 27.9 Å². The average Bonchev–Trinajstić information content (AvgIpc) is 3.11. The van der Waals surface area contributed by atoms with Gasteiger partial charge in [-0.3, -0.25) is 4.57 Å². The summed E-state index contributed by atoms with van der Waals surface area (Å²) in [5.41, 5.74) is -1.65. The molecule has 304 valence electrons. The Balaban J connectivity index is 1.75. The standard InChI is InChI=1S/C43H47FN6O8/c1-41(2,3)56-38(52)49(31-24-20-28(21-25-31)17-16-27-18-22-30(44)23-19-27)36-45-33-32(35(47-36)55-26-29-14-12-11-13-15-29)34(46-37(51)48(33)10)50(39(53)57-42(4,5)6)40(54)58-43(7,8)9/h11-25H,26H2,1-10H3/b17-16+. The molecule has 0 saturated carbocycles. The van der Waals surface area contributed by atoms with Gasteiger partial charge in [0.1, 0.15) is 34.6 Å². The third kappa shape index (κ3) is 11.0. The monoisotopic (exact) mass is 794 g/mol. The molecule has 0 aliphatic rings. The third-order valence-electron chi connectivity index (χ3n) is 7.72. The molecular formula is C43H47FN6O8. The minimum atomic E-state index is -1.19. The van der Waals surface area contributed by atoms with Crippen molar-refractivity contribution in [2.24, 2.45) is 7.05 Å². The summed E-state index contributed by atoms with van der Waals surface area (Å²) in [7, 11) is 1.38. The molecule has 2 aromatic heterocycles. The Bertz CT molecular complexity index is 2350. The normalized spacial score (nSPS) is 12.0. The first kappa shape index (κ1) is 42.5. The summed E-state index contributed by atoms with van der Waals surface area (Å²) in [6.45, 7) is 14.7. The summed E-state index contributed by atoms with van der Waals surface area (Å²) in [6, 6.07) is 21.9. The van der Waals surface area contributed by atoms with E-state index in [1.165, 1.54) is 19.2 Å². The molecule has 15 heteroatoms. The van der Waals surface area contributed by atoms with Crippen molar-refractivity contribution in [1.29, 1.82) is 0 Å². The summed E-state index contributed by atoms with van der Waals surface area (Å²) >= 11 is 0. The zero-order chi connectivity index (χ0) is 42.6. The summed E-state index contributed by atoms with van der Waals surface area (Å²) in [5.74, 6) is -1.37. The van der Waals surface area contributed by atoms with Gasteiger partial charge in [0.25, 0.3) is 0 Å². The molecule has 0 atom stereocenters. The number of anilines is 3. The van der Waals surface area contributed by atoms with Gasteiger partial charge in [0.2, 0.25) is 11.8 Å². The van der Waals surface area contributed by atoms with Crippen LogP contribution in [0.1, 0.15) is 79.0 Å². The number of hydrogen-bond acceptors (Lipinski definition) is 11. The number of fused-ring (bicyclic) bond motifs is 1. The highest BCUT2D eigenvalue weighted by atomic mass is 19.1. The van der Waals surface area contributed by atoms with Gasteiger partial charge in [0, 0.05) is 7.05 Å². The molecule has 0 spiro atoms. The summed E-state index contributed by atoms with van der Waals surface area (Å²) in [5, 5.41) is -0.135. The molecule has 0 bridgehead atoms. The van der Waals surface area contributed by atoms with Gasteiger partial charge in [-0.2, -0.15) is 19.9 Å². The molecule has 0 aliphatic carbocycles. The van der Waals surface area contributed by atoms with Crippen LogP contribution in [0, 0.1) is 5.82 Å². The molecule has 0 N–H and O–H groups in total. The van der Waals surface area contributed by atoms with E-state index in [1.54, 1.807) is 98.7 Å². The highest BCUT2D eigenvalue weighted by Crippen LogP contribution is 2.36. The van der Waals surface area contributed by atoms with E-state index in [0.717, 1.165) is 26.2 Å². The Morgan fingerprint density at radius 2 is 1.19 bits per heavy atom. The molecular weight excluding hydrogens is 748 g/mol. The van der Waals surface area contributed by atoms with E-state index in [2.05, 4.69) is 9.97 Å². The van der Waals surface area contributed by atoms with E-state index in [1.807, 2.05) is 42.5 Å². The molecule has 0 fully saturated rings. The van der Waals surface area contributed by atoms with Gasteiger partial charge in [0.05, 0.1) is 5.69 Å². The molecule has 3 aromatic carbocycles. The number of benzene rings is 3. The molecule has 5 aromatic rings. The Labute approximate surface area is 335 Å². The van der Waals surface area contributed by atoms with Crippen molar-refractivity contribution in [3.05, 3.63) is 112 Å². The summed E-state index contributed by atoms with van der Waals surface area (Å²) in [4.78, 5) is 70.6. The molecule has 0 unspecified atom stereocenters. The van der Waals surface area contributed by atoms with E-state index in [4.69, 9.17) is 23.9 Å². The number of imide groups is 1. The topological polar surface area (TPSA) is 155 Å². The fourth-order valence-electron chi connectivity index (χ4n) is 5.23. The first-order valence-corrected chi connectivity index (χ1v) is 18.4. The first-order chi connectivity index (χ1) is 27.1. The minimum Gasteiger partial charge on any atom is -0.472 e. The maximum absolute atomic E-state index is 14.1. The van der Waals surface area contributed by atoms with Gasteiger partial charge < -0.3 is 18.9 Å². The second-order valence-corrected chi connectivity index (χ2v) is 16.2. The van der Waals surface area contributed by atoms with Crippen molar-refractivity contribution < 1.29 is 37.7 Å². The number of carbonyl (C=O) groups is 3. The predicted octanol–water partition coefficient (Wildman–Crippen LogP) is 9.36. The van der Waals surface area contributed by atoms with Crippen molar-refractivity contribution in [2.75, 3.05) is 9.80 Å². The number of aryl methyl sites for hydroxylation is 1. The lowest BCUT2D eigenvalue weighted by Gasteiger charge is -2.29. The number of nitrogens with zero attached hydrogens (tertiary/aromatic N) is 6. The van der Waals surface area contributed by atoms with Crippen LogP contribution in [0.25, 0.3) is 23.2 Å². The quantitative estimate of drug-likeness (QED) is 0.109. The molecule has 0 aliphatic heterocycles. The van der Waals surface area contributed by atoms with Gasteiger partial charge in [-0.25, -0.2) is 28.5 Å². The lowest BCUT2D eigenvalue weighted by atomic mass is 10.1. The summed E-state index contributed by atoms with van der Waals surface area (Å²) in [6.07, 6.45) is 0.394. The fraction of sp³-hybridized carbons (Fsp3) is 0.326. The molecule has 14 nitrogen and oxygen atoms in total. The third-order valence-corrected chi connectivity index (χ3v) is 7.72. The predicted molar refractivity (Wildman–Crippen MR) is 218 cm³/mol. The molecule has 0 radical (unpaired) electrons. The number of aromatic nitrogens is 4. The van der Waals surface area contributed by atoms with E-state index in [9.17, 15) is 23.6 Å². The maximum Gasteiger partial charge on any atom is 0.425 e. The lowest BCUT2D eigenvalue weighted by molar-refractivity contribution is 0.0428. The lowest BCUT2D eigenvalue weighted by Crippen LogP contribution is -2.45. The Kier molecular flexibility index (Phi) is 12.3. The van der Waals surface area contributed by atoms with Gasteiger partial charge >= 0.3 is 24.0 Å². The molecule has 2 heterocycles. The van der Waals surface area contributed by atoms with Crippen LogP contribution >= 0.6 is 0 Å². The highest BCUT2D eigenvalue weighted by Gasteiger charge is 2.38. The van der Waals surface area contributed by atoms with Crippen molar-refractivity contribution >= 4 is 58.9 Å². The molecule has 58 heavy (non-hydrogen) atoms. The Morgan fingerprint density at radius 1 is 0.690 bits per heavy atom. The molecule has 3 amide bonds. The zero-order valence-electron chi connectivity index (χ0n) is 34.2. The van der Waals surface area contributed by atoms with Gasteiger partial charge in [0.15, 0.2) is 11.5 Å². The van der Waals surface area contributed by atoms with E-state index in [0.29, 0.717) is 4.90 Å². The minimum absolute atomic E-state index is 0.0743. The largest absolute Gasteiger partial charge is 0.472 e. The second kappa shape index (κ2) is 16.8. The Morgan fingerprint density at radius 3 is 1.71 bits per heavy atom. The molecule has 5 rings (SSSR count). The number of amides is 3. The van der Waals surface area contributed by atoms with Crippen molar-refractivity contribution in [2.45, 2.75) is 85.7 Å². The smallest absolute Gasteiger partial charge is 0.425 e. The van der Waals surface area contributed by atoms with Crippen LogP contribution in [0.3, 0.4) is 0 Å². The number of halogens is 1. The van der Waals surface area contributed by atoms with Crippen molar-refractivity contribution in [3.63, 3.8) is 0 Å². The van der Waals surface area contributed by atoms with Crippen molar-refractivity contribution in [3.8, 4) is 5.88 Å². The number of ether oxygens (including phenoxy) is 4. The van der Waals surface area contributed by atoms with Crippen LogP contribution in [0.2, 0.25) is 0 Å². The summed E-state index contributed by atoms with van der Waals surface area (Å²) < 4.78 is 37.8. The van der Waals surface area contributed by atoms with Crippen molar-refractivity contribution in [1.82, 2.24) is 19.5 Å². The average molecular weight is 795 g/mol. The number of carbonyl (C=O) groups excluding carboxylic acids is 3. The van der Waals surface area contributed by atoms with E-state index < -0.39 is 46.6 Å². The van der Waals surface area contributed by atoms with E-state index in [-0.39, 0.29) is 41.0 Å². The van der Waals surface area contributed by atoms with Crippen LogP contribution in [0.15, 0.2) is 83.7 Å². The van der Waals surface area contributed by atoms with Crippen LogP contribution in [-0.4, -0.2) is 54.6 Å². The van der Waals surface area contributed by atoms with Crippen LogP contribution in [0.5, 0.6) is 5.88 Å². The van der Waals surface area contributed by atoms with Crippen LogP contribution in [0.4, 0.5) is 36.2 Å². The SMILES string of the molecule is Cn1c(=O)nc(N(C(=O)OC(C)(C)C)C(=O)OC(C)(C)C)c2c(OCc3ccccc3)nc(N(C(=O)OC(C)(C)C)c3ccc(/C=C/c4ccc(F)cc4)cc3)nc21. The fourth-order valence-corrected chi connectivity index (χ4v) is 5.23. The van der Waals surface area contributed by atoms with Gasteiger partial charge in [-0.05, 0) is 103 Å². The zero-order valence-corrected chi connectivity index (χ0v) is 34.2. The first-order valence-electron chi connectivity index (χ1n) is 18.4. The van der Waals surface area contributed by atoms with Gasteiger partial charge in [-0.15, -0.1) is 0 Å². The maximum atomic E-state index is 14.1.